The van der Waals surface area contributed by atoms with E-state index in [4.69, 9.17) is 4.42 Å². The minimum absolute atomic E-state index is 0.00218. The highest BCUT2D eigenvalue weighted by Gasteiger charge is 2.24. The summed E-state index contributed by atoms with van der Waals surface area (Å²) >= 11 is 0. The van der Waals surface area contributed by atoms with Crippen molar-refractivity contribution in [2.45, 2.75) is 45.1 Å². The molecule has 1 amide bonds. The second kappa shape index (κ2) is 6.75. The average Bonchev–Trinajstić information content (AvgIpc) is 3.08. The van der Waals surface area contributed by atoms with E-state index in [0.717, 1.165) is 6.42 Å². The third-order valence-electron chi connectivity index (χ3n) is 3.99. The Bertz CT molecular complexity index is 382. The molecule has 0 aromatic carbocycles. The van der Waals surface area contributed by atoms with E-state index in [9.17, 15) is 9.90 Å². The summed E-state index contributed by atoms with van der Waals surface area (Å²) in [6.45, 7) is 1.82. The molecule has 1 saturated carbocycles. The van der Waals surface area contributed by atoms with Gasteiger partial charge < -0.3 is 14.8 Å². The molecular weight excluding hydrogens is 242 g/mol. The largest absolute Gasteiger partial charge is 0.467 e. The molecule has 1 aliphatic rings. The van der Waals surface area contributed by atoms with Crippen LogP contribution in [0, 0.1) is 11.8 Å². The third kappa shape index (κ3) is 3.83. The van der Waals surface area contributed by atoms with E-state index in [-0.39, 0.29) is 18.4 Å². The summed E-state index contributed by atoms with van der Waals surface area (Å²) in [4.78, 5) is 12.1. The second-order valence-corrected chi connectivity index (χ2v) is 5.55. The number of carbonyl (C=O) groups excluding carboxylic acids is 1. The van der Waals surface area contributed by atoms with E-state index in [1.165, 1.54) is 25.7 Å². The van der Waals surface area contributed by atoms with Crippen LogP contribution < -0.4 is 5.32 Å². The molecule has 1 aromatic rings. The average molecular weight is 265 g/mol. The molecule has 0 radical (unpaired) electrons. The standard InChI is InChI=1S/C15H23NO3/c1-11(9-12-5-2-3-6-12)15(18)16-13(10-17)14-7-4-8-19-14/h4,7-8,11-13,17H,2-3,5-6,9-10H2,1H3,(H,16,18). The highest BCUT2D eigenvalue weighted by atomic mass is 16.3. The normalized spacial score (nSPS) is 19.3. The molecule has 1 aromatic heterocycles. The maximum atomic E-state index is 12.1. The first-order chi connectivity index (χ1) is 9.20. The zero-order chi connectivity index (χ0) is 13.7. The van der Waals surface area contributed by atoms with Gasteiger partial charge in [0.15, 0.2) is 0 Å². The van der Waals surface area contributed by atoms with E-state index >= 15 is 0 Å². The first-order valence-electron chi connectivity index (χ1n) is 7.15. The Kier molecular flexibility index (Phi) is 5.02. The summed E-state index contributed by atoms with van der Waals surface area (Å²) in [6.07, 6.45) is 7.59. The van der Waals surface area contributed by atoms with Crippen molar-refractivity contribution in [3.63, 3.8) is 0 Å². The molecule has 106 valence electrons. The Labute approximate surface area is 114 Å². The summed E-state index contributed by atoms with van der Waals surface area (Å²) < 4.78 is 5.23. The lowest BCUT2D eigenvalue weighted by molar-refractivity contribution is -0.126. The molecule has 0 aliphatic heterocycles. The topological polar surface area (TPSA) is 62.5 Å². The maximum Gasteiger partial charge on any atom is 0.223 e. The van der Waals surface area contributed by atoms with Gasteiger partial charge in [0, 0.05) is 5.92 Å². The summed E-state index contributed by atoms with van der Waals surface area (Å²) in [5.41, 5.74) is 0. The smallest absolute Gasteiger partial charge is 0.223 e. The Morgan fingerprint density at radius 2 is 2.26 bits per heavy atom. The maximum absolute atomic E-state index is 12.1. The fourth-order valence-corrected chi connectivity index (χ4v) is 2.86. The molecule has 4 heteroatoms. The molecule has 0 spiro atoms. The summed E-state index contributed by atoms with van der Waals surface area (Å²) in [7, 11) is 0. The second-order valence-electron chi connectivity index (χ2n) is 5.55. The van der Waals surface area contributed by atoms with Crippen molar-refractivity contribution in [1.82, 2.24) is 5.32 Å². The molecule has 1 heterocycles. The number of furan rings is 1. The van der Waals surface area contributed by atoms with Gasteiger partial charge >= 0.3 is 0 Å². The van der Waals surface area contributed by atoms with Crippen LogP contribution in [0.3, 0.4) is 0 Å². The fraction of sp³-hybridized carbons (Fsp3) is 0.667. The Morgan fingerprint density at radius 1 is 1.53 bits per heavy atom. The van der Waals surface area contributed by atoms with Crippen molar-refractivity contribution in [3.8, 4) is 0 Å². The first kappa shape index (κ1) is 14.1. The predicted molar refractivity (Wildman–Crippen MR) is 72.4 cm³/mol. The van der Waals surface area contributed by atoms with Crippen LogP contribution in [0.25, 0.3) is 0 Å². The van der Waals surface area contributed by atoms with Crippen molar-refractivity contribution in [1.29, 1.82) is 0 Å². The van der Waals surface area contributed by atoms with Crippen LogP contribution in [0.2, 0.25) is 0 Å². The molecule has 2 N–H and O–H groups in total. The van der Waals surface area contributed by atoms with Crippen LogP contribution in [0.4, 0.5) is 0 Å². The van der Waals surface area contributed by atoms with Gasteiger partial charge in [0.2, 0.25) is 5.91 Å². The molecular formula is C15H23NO3. The van der Waals surface area contributed by atoms with E-state index in [0.29, 0.717) is 11.7 Å². The molecule has 2 rings (SSSR count). The van der Waals surface area contributed by atoms with Crippen LogP contribution in [-0.2, 0) is 4.79 Å². The molecule has 4 nitrogen and oxygen atoms in total. The van der Waals surface area contributed by atoms with Gasteiger partial charge in [0.1, 0.15) is 11.8 Å². The van der Waals surface area contributed by atoms with Crippen LogP contribution >= 0.6 is 0 Å². The Balaban J connectivity index is 1.84. The highest BCUT2D eigenvalue weighted by molar-refractivity contribution is 5.78. The minimum Gasteiger partial charge on any atom is -0.467 e. The van der Waals surface area contributed by atoms with E-state index in [2.05, 4.69) is 5.32 Å². The van der Waals surface area contributed by atoms with Gasteiger partial charge in [0.25, 0.3) is 0 Å². The van der Waals surface area contributed by atoms with Crippen molar-refractivity contribution in [2.75, 3.05) is 6.61 Å². The van der Waals surface area contributed by atoms with Crippen LogP contribution in [0.1, 0.15) is 50.8 Å². The SMILES string of the molecule is CC(CC1CCCC1)C(=O)NC(CO)c1ccco1. The van der Waals surface area contributed by atoms with Gasteiger partial charge in [-0.2, -0.15) is 0 Å². The molecule has 0 bridgehead atoms. The van der Waals surface area contributed by atoms with Crippen molar-refractivity contribution in [3.05, 3.63) is 24.2 Å². The lowest BCUT2D eigenvalue weighted by atomic mass is 9.94. The highest BCUT2D eigenvalue weighted by Crippen LogP contribution is 2.30. The van der Waals surface area contributed by atoms with Crippen molar-refractivity contribution < 1.29 is 14.3 Å². The van der Waals surface area contributed by atoms with Gasteiger partial charge in [-0.15, -0.1) is 0 Å². The number of carbonyl (C=O) groups is 1. The lowest BCUT2D eigenvalue weighted by Crippen LogP contribution is -2.35. The van der Waals surface area contributed by atoms with E-state index < -0.39 is 6.04 Å². The molecule has 19 heavy (non-hydrogen) atoms. The van der Waals surface area contributed by atoms with Crippen LogP contribution in [0.5, 0.6) is 0 Å². The van der Waals surface area contributed by atoms with Crippen LogP contribution in [0.15, 0.2) is 22.8 Å². The molecule has 0 saturated heterocycles. The molecule has 2 atom stereocenters. The van der Waals surface area contributed by atoms with Gasteiger partial charge in [-0.1, -0.05) is 32.6 Å². The summed E-state index contributed by atoms with van der Waals surface area (Å²) in [5.74, 6) is 1.29. The first-order valence-corrected chi connectivity index (χ1v) is 7.15. The number of hydrogen-bond donors (Lipinski definition) is 2. The molecule has 1 fully saturated rings. The van der Waals surface area contributed by atoms with E-state index in [1.807, 2.05) is 6.92 Å². The summed E-state index contributed by atoms with van der Waals surface area (Å²) in [5, 5.41) is 12.2. The number of hydrogen-bond acceptors (Lipinski definition) is 3. The van der Waals surface area contributed by atoms with Crippen molar-refractivity contribution in [2.24, 2.45) is 11.8 Å². The summed E-state index contributed by atoms with van der Waals surface area (Å²) in [6, 6.07) is 3.09. The van der Waals surface area contributed by atoms with Gasteiger partial charge in [0.05, 0.1) is 12.9 Å². The Morgan fingerprint density at radius 3 is 2.84 bits per heavy atom. The number of aliphatic hydroxyl groups excluding tert-OH is 1. The number of aliphatic hydroxyl groups is 1. The van der Waals surface area contributed by atoms with Crippen LogP contribution in [-0.4, -0.2) is 17.6 Å². The van der Waals surface area contributed by atoms with Crippen molar-refractivity contribution >= 4 is 5.91 Å². The quantitative estimate of drug-likeness (QED) is 0.831. The fourth-order valence-electron chi connectivity index (χ4n) is 2.86. The molecule has 1 aliphatic carbocycles. The number of rotatable bonds is 6. The lowest BCUT2D eigenvalue weighted by Gasteiger charge is -2.19. The third-order valence-corrected chi connectivity index (χ3v) is 3.99. The van der Waals surface area contributed by atoms with Gasteiger partial charge in [-0.25, -0.2) is 0 Å². The van der Waals surface area contributed by atoms with E-state index in [1.54, 1.807) is 18.4 Å². The van der Waals surface area contributed by atoms with Gasteiger partial charge in [-0.3, -0.25) is 4.79 Å². The zero-order valence-corrected chi connectivity index (χ0v) is 11.5. The number of amides is 1. The zero-order valence-electron chi connectivity index (χ0n) is 11.5. The monoisotopic (exact) mass is 265 g/mol. The predicted octanol–water partition coefficient (Wildman–Crippen LogP) is 2.65. The number of nitrogens with one attached hydrogen (secondary N) is 1. The minimum atomic E-state index is -0.437. The Hall–Kier alpha value is -1.29. The molecule has 2 unspecified atom stereocenters. The van der Waals surface area contributed by atoms with Gasteiger partial charge in [-0.05, 0) is 24.5 Å².